The third-order valence-electron chi connectivity index (χ3n) is 10.5. The fourth-order valence-corrected chi connectivity index (χ4v) is 9.47. The van der Waals surface area contributed by atoms with E-state index < -0.39 is 0 Å². The zero-order valence-electron chi connectivity index (χ0n) is 27.5. The van der Waals surface area contributed by atoms with Crippen molar-refractivity contribution >= 4 is 75.3 Å². The molecule has 51 heavy (non-hydrogen) atoms. The zero-order valence-corrected chi connectivity index (χ0v) is 28.3. The molecule has 0 amide bonds. The second kappa shape index (κ2) is 11.4. The quantitative estimate of drug-likeness (QED) is 0.174. The lowest BCUT2D eigenvalue weighted by Gasteiger charge is -2.39. The number of nitrogens with one attached hydrogen (secondary N) is 3. The third kappa shape index (κ3) is 4.51. The molecule has 3 atom stereocenters. The Balaban J connectivity index is 1.07. The van der Waals surface area contributed by atoms with Crippen LogP contribution < -0.4 is 16.0 Å². The van der Waals surface area contributed by atoms with Crippen LogP contribution in [0.15, 0.2) is 162 Å². The van der Waals surface area contributed by atoms with E-state index in [1.807, 2.05) is 23.5 Å². The van der Waals surface area contributed by atoms with E-state index >= 15 is 0 Å². The summed E-state index contributed by atoms with van der Waals surface area (Å²) in [7, 11) is 0. The number of thiophene rings is 1. The predicted octanol–water partition coefficient (Wildman–Crippen LogP) is 11.2. The summed E-state index contributed by atoms with van der Waals surface area (Å²) >= 11 is 1.87. The first-order valence-electron chi connectivity index (χ1n) is 17.5. The maximum Gasteiger partial charge on any atom is 0.137 e. The molecule has 3 aromatic heterocycles. The van der Waals surface area contributed by atoms with Crippen LogP contribution in [0.4, 0.5) is 0 Å². The Labute approximate surface area is 297 Å². The molecule has 11 rings (SSSR count). The van der Waals surface area contributed by atoms with E-state index in [1.165, 1.54) is 53.2 Å². The van der Waals surface area contributed by atoms with Crippen LogP contribution >= 0.6 is 11.3 Å². The molecule has 5 nitrogen and oxygen atoms in total. The molecule has 10 aromatic rings. The predicted molar refractivity (Wildman–Crippen MR) is 211 cm³/mol. The van der Waals surface area contributed by atoms with Gasteiger partial charge in [0.25, 0.3) is 0 Å². The SMILES string of the molecule is c1ccc(C2NC(c3ccc4c(c3)c3ccccc3n4-c3cccc4oc5ccccc5c34)NC(c3cccc4c3sc3ccccc34)N2)cc1. The van der Waals surface area contributed by atoms with Gasteiger partial charge in [0.2, 0.25) is 0 Å². The summed E-state index contributed by atoms with van der Waals surface area (Å²) < 4.78 is 11.3. The van der Waals surface area contributed by atoms with Crippen LogP contribution in [0.5, 0.6) is 0 Å². The Morgan fingerprint density at radius 3 is 2.04 bits per heavy atom. The molecule has 4 heterocycles. The van der Waals surface area contributed by atoms with Gasteiger partial charge in [-0.05, 0) is 53.6 Å². The van der Waals surface area contributed by atoms with Crippen molar-refractivity contribution in [3.8, 4) is 5.69 Å². The molecule has 1 saturated heterocycles. The van der Waals surface area contributed by atoms with Crippen LogP contribution in [0.25, 0.3) is 69.6 Å². The van der Waals surface area contributed by atoms with E-state index in [0.29, 0.717) is 0 Å². The summed E-state index contributed by atoms with van der Waals surface area (Å²) in [5.41, 5.74) is 8.91. The first-order valence-corrected chi connectivity index (χ1v) is 18.3. The van der Waals surface area contributed by atoms with Crippen molar-refractivity contribution in [2.24, 2.45) is 0 Å². The largest absolute Gasteiger partial charge is 0.456 e. The van der Waals surface area contributed by atoms with Gasteiger partial charge >= 0.3 is 0 Å². The topological polar surface area (TPSA) is 54.2 Å². The lowest BCUT2D eigenvalue weighted by Crippen LogP contribution is -2.54. The molecular weight excluding hydrogens is 645 g/mol. The van der Waals surface area contributed by atoms with Crippen molar-refractivity contribution in [3.05, 3.63) is 174 Å². The summed E-state index contributed by atoms with van der Waals surface area (Å²) in [6.07, 6.45) is -0.253. The minimum Gasteiger partial charge on any atom is -0.456 e. The second-order valence-electron chi connectivity index (χ2n) is 13.4. The van der Waals surface area contributed by atoms with Crippen molar-refractivity contribution in [2.75, 3.05) is 0 Å². The number of aromatic nitrogens is 1. The molecule has 1 aliphatic rings. The van der Waals surface area contributed by atoms with Crippen LogP contribution in [-0.4, -0.2) is 4.57 Å². The van der Waals surface area contributed by atoms with Crippen LogP contribution in [0.3, 0.4) is 0 Å². The molecule has 6 heteroatoms. The van der Waals surface area contributed by atoms with E-state index in [4.69, 9.17) is 4.42 Å². The molecule has 3 N–H and O–H groups in total. The summed E-state index contributed by atoms with van der Waals surface area (Å²) in [5, 5.41) is 19.1. The van der Waals surface area contributed by atoms with Crippen molar-refractivity contribution in [3.63, 3.8) is 0 Å². The van der Waals surface area contributed by atoms with E-state index in [-0.39, 0.29) is 18.5 Å². The molecule has 0 saturated carbocycles. The molecule has 1 aliphatic heterocycles. The minimum absolute atomic E-state index is 0.0592. The number of fused-ring (bicyclic) bond motifs is 9. The highest BCUT2D eigenvalue weighted by molar-refractivity contribution is 7.26. The van der Waals surface area contributed by atoms with Gasteiger partial charge < -0.3 is 8.98 Å². The number of benzene rings is 7. The lowest BCUT2D eigenvalue weighted by atomic mass is 10.0. The molecule has 0 bridgehead atoms. The fourth-order valence-electron chi connectivity index (χ4n) is 8.22. The van der Waals surface area contributed by atoms with Gasteiger partial charge in [-0.3, -0.25) is 16.0 Å². The minimum atomic E-state index is -0.112. The molecular formula is C45H32N4OS. The highest BCUT2D eigenvalue weighted by Crippen LogP contribution is 2.41. The maximum atomic E-state index is 6.32. The van der Waals surface area contributed by atoms with Crippen LogP contribution in [0.2, 0.25) is 0 Å². The number of furan rings is 1. The number of para-hydroxylation sites is 2. The number of hydrogen-bond acceptors (Lipinski definition) is 5. The van der Waals surface area contributed by atoms with Gasteiger partial charge in [0.05, 0.1) is 40.6 Å². The zero-order chi connectivity index (χ0) is 33.5. The van der Waals surface area contributed by atoms with Gasteiger partial charge in [-0.1, -0.05) is 115 Å². The highest BCUT2D eigenvalue weighted by atomic mass is 32.1. The van der Waals surface area contributed by atoms with Crippen LogP contribution in [-0.2, 0) is 0 Å². The summed E-state index contributed by atoms with van der Waals surface area (Å²) in [5.74, 6) is 0. The molecule has 3 unspecified atom stereocenters. The third-order valence-corrected chi connectivity index (χ3v) is 11.8. The Morgan fingerprint density at radius 2 is 1.14 bits per heavy atom. The molecule has 0 spiro atoms. The van der Waals surface area contributed by atoms with Crippen molar-refractivity contribution in [2.45, 2.75) is 18.5 Å². The highest BCUT2D eigenvalue weighted by Gasteiger charge is 2.31. The first-order chi connectivity index (χ1) is 25.3. The van der Waals surface area contributed by atoms with E-state index in [1.54, 1.807) is 0 Å². The molecule has 0 aliphatic carbocycles. The summed E-state index contributed by atoms with van der Waals surface area (Å²) in [4.78, 5) is 0. The molecule has 244 valence electrons. The van der Waals surface area contributed by atoms with Gasteiger partial charge in [-0.25, -0.2) is 0 Å². The average Bonchev–Trinajstić information content (AvgIpc) is 3.87. The number of hydrogen-bond donors (Lipinski definition) is 3. The fraction of sp³-hybridized carbons (Fsp3) is 0.0667. The smallest absolute Gasteiger partial charge is 0.137 e. The maximum absolute atomic E-state index is 6.32. The lowest BCUT2D eigenvalue weighted by molar-refractivity contribution is 0.204. The van der Waals surface area contributed by atoms with Crippen molar-refractivity contribution in [1.82, 2.24) is 20.5 Å². The van der Waals surface area contributed by atoms with Gasteiger partial charge in [-0.2, -0.15) is 0 Å². The summed E-state index contributed by atoms with van der Waals surface area (Å²) in [6, 6.07) is 56.5. The Kier molecular flexibility index (Phi) is 6.48. The van der Waals surface area contributed by atoms with Gasteiger partial charge in [0.1, 0.15) is 11.2 Å². The van der Waals surface area contributed by atoms with Crippen molar-refractivity contribution < 1.29 is 4.42 Å². The van der Waals surface area contributed by atoms with Crippen LogP contribution in [0.1, 0.15) is 35.2 Å². The monoisotopic (exact) mass is 676 g/mol. The van der Waals surface area contributed by atoms with Crippen LogP contribution in [0, 0.1) is 0 Å². The Hall–Kier alpha value is -5.76. The first kappa shape index (κ1) is 29.0. The van der Waals surface area contributed by atoms with E-state index in [2.05, 4.69) is 166 Å². The summed E-state index contributed by atoms with van der Waals surface area (Å²) in [6.45, 7) is 0. The van der Waals surface area contributed by atoms with Gasteiger partial charge in [0.15, 0.2) is 0 Å². The molecule has 1 fully saturated rings. The van der Waals surface area contributed by atoms with Crippen molar-refractivity contribution in [1.29, 1.82) is 0 Å². The second-order valence-corrected chi connectivity index (χ2v) is 14.5. The Bertz CT molecular complexity index is 2940. The normalized spacial score (nSPS) is 18.2. The molecule has 7 aromatic carbocycles. The van der Waals surface area contributed by atoms with Gasteiger partial charge in [-0.15, -0.1) is 11.3 Å². The van der Waals surface area contributed by atoms with E-state index in [0.717, 1.165) is 33.1 Å². The standard InChI is InChI=1S/C45H32N4OS/c1-2-12-27(13-3-1)43-46-44(48-45(47-43)33-18-10-17-31-30-15-6-9-23-40(30)51-42(31)33)28-24-25-36-34(26-28)29-14-4-7-19-35(29)49(36)37-20-11-22-39-41(37)32-16-5-8-21-38(32)50-39/h1-26,43-48H. The van der Waals surface area contributed by atoms with Gasteiger partial charge in [0, 0.05) is 41.9 Å². The van der Waals surface area contributed by atoms with E-state index in [9.17, 15) is 0 Å². The number of rotatable bonds is 4. The Morgan fingerprint density at radius 1 is 0.471 bits per heavy atom. The number of nitrogens with zero attached hydrogens (tertiary/aromatic N) is 1. The molecule has 0 radical (unpaired) electrons. The average molecular weight is 677 g/mol.